The second kappa shape index (κ2) is 6.21. The first-order chi connectivity index (χ1) is 9.73. The Labute approximate surface area is 130 Å². The van der Waals surface area contributed by atoms with E-state index in [1.165, 1.54) is 20.7 Å². The van der Waals surface area contributed by atoms with Gasteiger partial charge in [-0.3, -0.25) is 0 Å². The van der Waals surface area contributed by atoms with Crippen LogP contribution in [0.4, 0.5) is 0 Å². The normalized spacial score (nSPS) is 19.3. The molecule has 0 aromatic heterocycles. The zero-order valence-electron chi connectivity index (χ0n) is 11.6. The van der Waals surface area contributed by atoms with Crippen molar-refractivity contribution < 1.29 is 16.8 Å². The summed E-state index contributed by atoms with van der Waals surface area (Å²) in [5, 5.41) is 0.168. The molecule has 1 aliphatic heterocycles. The van der Waals surface area contributed by atoms with E-state index in [4.69, 9.17) is 11.6 Å². The number of nitrogens with zero attached hydrogens (tertiary/aromatic N) is 2. The molecule has 1 saturated heterocycles. The van der Waals surface area contributed by atoms with E-state index in [0.717, 1.165) is 6.26 Å². The largest absolute Gasteiger partial charge is 0.244 e. The van der Waals surface area contributed by atoms with Gasteiger partial charge in [-0.15, -0.1) is 0 Å². The molecule has 1 aromatic rings. The minimum Gasteiger partial charge on any atom is -0.213 e. The molecule has 0 bridgehead atoms. The molecular weight excluding hydrogens is 336 g/mol. The topological polar surface area (TPSA) is 74.8 Å². The summed E-state index contributed by atoms with van der Waals surface area (Å²) in [5.74, 6) is 0. The zero-order chi connectivity index (χ0) is 15.7. The van der Waals surface area contributed by atoms with E-state index in [2.05, 4.69) is 0 Å². The molecule has 0 atom stereocenters. The number of halogens is 1. The van der Waals surface area contributed by atoms with Crippen molar-refractivity contribution in [1.82, 2.24) is 8.61 Å². The molecule has 118 valence electrons. The number of sulfonamides is 2. The van der Waals surface area contributed by atoms with Gasteiger partial charge in [0, 0.05) is 26.2 Å². The highest BCUT2D eigenvalue weighted by Gasteiger charge is 2.30. The highest BCUT2D eigenvalue weighted by Crippen LogP contribution is 2.25. The van der Waals surface area contributed by atoms with Crippen LogP contribution in [0.2, 0.25) is 5.02 Å². The molecular formula is C12H17ClN2O4S2. The number of hydrogen-bond donors (Lipinski definition) is 0. The van der Waals surface area contributed by atoms with Crippen LogP contribution in [0.3, 0.4) is 0 Å². The van der Waals surface area contributed by atoms with Crippen molar-refractivity contribution >= 4 is 31.6 Å². The summed E-state index contributed by atoms with van der Waals surface area (Å²) in [6.45, 7) is 0.885. The van der Waals surface area contributed by atoms with Crippen LogP contribution < -0.4 is 0 Å². The second-order valence-corrected chi connectivity index (χ2v) is 9.15. The van der Waals surface area contributed by atoms with Gasteiger partial charge in [0.15, 0.2) is 0 Å². The minimum absolute atomic E-state index is 0.0551. The molecule has 21 heavy (non-hydrogen) atoms. The van der Waals surface area contributed by atoms with Gasteiger partial charge in [-0.1, -0.05) is 23.7 Å². The van der Waals surface area contributed by atoms with Crippen LogP contribution in [-0.2, 0) is 20.0 Å². The number of hydrogen-bond acceptors (Lipinski definition) is 4. The van der Waals surface area contributed by atoms with Crippen molar-refractivity contribution in [3.8, 4) is 0 Å². The van der Waals surface area contributed by atoms with Crippen molar-refractivity contribution in [2.45, 2.75) is 11.3 Å². The number of benzene rings is 1. The van der Waals surface area contributed by atoms with E-state index < -0.39 is 20.0 Å². The molecule has 1 aliphatic rings. The molecule has 0 spiro atoms. The molecule has 1 heterocycles. The van der Waals surface area contributed by atoms with Gasteiger partial charge in [0.2, 0.25) is 20.0 Å². The van der Waals surface area contributed by atoms with Gasteiger partial charge >= 0.3 is 0 Å². The molecule has 1 aromatic carbocycles. The van der Waals surface area contributed by atoms with Gasteiger partial charge in [-0.25, -0.2) is 21.1 Å². The maximum atomic E-state index is 12.6. The summed E-state index contributed by atoms with van der Waals surface area (Å²) >= 11 is 5.96. The highest BCUT2D eigenvalue weighted by molar-refractivity contribution is 7.89. The Morgan fingerprint density at radius 2 is 1.52 bits per heavy atom. The molecule has 0 N–H and O–H groups in total. The van der Waals surface area contributed by atoms with Crippen molar-refractivity contribution in [3.05, 3.63) is 29.3 Å². The van der Waals surface area contributed by atoms with E-state index in [0.29, 0.717) is 13.0 Å². The summed E-state index contributed by atoms with van der Waals surface area (Å²) in [7, 11) is -7.01. The van der Waals surface area contributed by atoms with Gasteiger partial charge in [-0.2, -0.15) is 4.31 Å². The van der Waals surface area contributed by atoms with Gasteiger partial charge in [0.25, 0.3) is 0 Å². The molecule has 1 fully saturated rings. The molecule has 0 amide bonds. The van der Waals surface area contributed by atoms with Crippen LogP contribution >= 0.6 is 11.6 Å². The number of rotatable bonds is 3. The summed E-state index contributed by atoms with van der Waals surface area (Å²) in [6.07, 6.45) is 1.59. The minimum atomic E-state index is -3.71. The van der Waals surface area contributed by atoms with Crippen molar-refractivity contribution in [2.24, 2.45) is 0 Å². The first-order valence-corrected chi connectivity index (χ1v) is 10.1. The smallest absolute Gasteiger partial charge is 0.213 e. The van der Waals surface area contributed by atoms with Crippen LogP contribution in [0.1, 0.15) is 6.42 Å². The standard InChI is InChI=1S/C12H17ClN2O4S2/c1-20(16,17)14-7-4-8-15(10-9-14)21(18,19)12-6-3-2-5-11(12)13/h2-3,5-6H,4,7-10H2,1H3. The summed E-state index contributed by atoms with van der Waals surface area (Å²) in [5.41, 5.74) is 0. The highest BCUT2D eigenvalue weighted by atomic mass is 35.5. The van der Waals surface area contributed by atoms with Crippen molar-refractivity contribution in [1.29, 1.82) is 0 Å². The fourth-order valence-corrected chi connectivity index (χ4v) is 5.07. The molecule has 9 heteroatoms. The Bertz CT molecular complexity index is 719. The van der Waals surface area contributed by atoms with E-state index >= 15 is 0 Å². The van der Waals surface area contributed by atoms with E-state index in [-0.39, 0.29) is 29.6 Å². The van der Waals surface area contributed by atoms with Crippen LogP contribution in [0.5, 0.6) is 0 Å². The Morgan fingerprint density at radius 3 is 2.14 bits per heavy atom. The van der Waals surface area contributed by atoms with E-state index in [1.54, 1.807) is 12.1 Å². The van der Waals surface area contributed by atoms with Gasteiger partial charge in [0.05, 0.1) is 11.3 Å². The molecule has 0 unspecified atom stereocenters. The van der Waals surface area contributed by atoms with Gasteiger partial charge in [-0.05, 0) is 18.6 Å². The SMILES string of the molecule is CS(=O)(=O)N1CCCN(S(=O)(=O)c2ccccc2Cl)CC1. The van der Waals surface area contributed by atoms with Crippen molar-refractivity contribution in [3.63, 3.8) is 0 Å². The van der Waals surface area contributed by atoms with E-state index in [1.807, 2.05) is 0 Å². The van der Waals surface area contributed by atoms with Gasteiger partial charge in [0.1, 0.15) is 4.90 Å². The summed E-state index contributed by atoms with van der Waals surface area (Å²) < 4.78 is 50.9. The lowest BCUT2D eigenvalue weighted by atomic mass is 10.4. The van der Waals surface area contributed by atoms with Crippen molar-refractivity contribution in [2.75, 3.05) is 32.4 Å². The molecule has 0 aliphatic carbocycles. The Balaban J connectivity index is 2.25. The fraction of sp³-hybridized carbons (Fsp3) is 0.500. The first-order valence-electron chi connectivity index (χ1n) is 6.43. The molecule has 6 nitrogen and oxygen atoms in total. The Morgan fingerprint density at radius 1 is 0.952 bits per heavy atom. The van der Waals surface area contributed by atoms with Crippen LogP contribution in [0.15, 0.2) is 29.2 Å². The third kappa shape index (κ3) is 3.75. The Kier molecular flexibility index (Phi) is 4.94. The average Bonchev–Trinajstić information content (AvgIpc) is 2.64. The maximum absolute atomic E-state index is 12.6. The molecule has 0 saturated carbocycles. The Hall–Kier alpha value is -0.670. The predicted molar refractivity (Wildman–Crippen MR) is 81.2 cm³/mol. The molecule has 0 radical (unpaired) electrons. The molecule has 2 rings (SSSR count). The van der Waals surface area contributed by atoms with Crippen LogP contribution in [-0.4, -0.2) is 57.9 Å². The monoisotopic (exact) mass is 352 g/mol. The summed E-state index contributed by atoms with van der Waals surface area (Å²) in [6, 6.07) is 6.25. The lowest BCUT2D eigenvalue weighted by Gasteiger charge is -2.21. The lowest BCUT2D eigenvalue weighted by Crippen LogP contribution is -2.37. The second-order valence-electron chi connectivity index (χ2n) is 4.85. The zero-order valence-corrected chi connectivity index (χ0v) is 14.0. The third-order valence-corrected chi connectivity index (χ3v) is 7.04. The maximum Gasteiger partial charge on any atom is 0.244 e. The van der Waals surface area contributed by atoms with E-state index in [9.17, 15) is 16.8 Å². The van der Waals surface area contributed by atoms with Gasteiger partial charge < -0.3 is 0 Å². The van der Waals surface area contributed by atoms with Crippen LogP contribution in [0.25, 0.3) is 0 Å². The summed E-state index contributed by atoms with van der Waals surface area (Å²) in [4.78, 5) is 0.0551. The lowest BCUT2D eigenvalue weighted by molar-refractivity contribution is 0.406. The quantitative estimate of drug-likeness (QED) is 0.813. The first kappa shape index (κ1) is 16.7. The predicted octanol–water partition coefficient (Wildman–Crippen LogP) is 0.996. The van der Waals surface area contributed by atoms with Crippen LogP contribution in [0, 0.1) is 0 Å². The average molecular weight is 353 g/mol. The fourth-order valence-electron chi connectivity index (χ4n) is 2.24. The third-order valence-electron chi connectivity index (χ3n) is 3.34.